The first-order valence-corrected chi connectivity index (χ1v) is 6.65. The van der Waals surface area contributed by atoms with Gasteiger partial charge in [-0.25, -0.2) is 0 Å². The average molecular weight is 246 g/mol. The van der Waals surface area contributed by atoms with Gasteiger partial charge in [0.2, 0.25) is 5.91 Å². The van der Waals surface area contributed by atoms with E-state index in [-0.39, 0.29) is 11.3 Å². The van der Waals surface area contributed by atoms with Crippen LogP contribution in [-0.4, -0.2) is 26.0 Å². The predicted molar refractivity (Wildman–Crippen MR) is 74.8 cm³/mol. The lowest BCUT2D eigenvalue weighted by molar-refractivity contribution is -0.127. The number of para-hydroxylation sites is 1. The summed E-state index contributed by atoms with van der Waals surface area (Å²) in [5, 5.41) is 3.32. The summed E-state index contributed by atoms with van der Waals surface area (Å²) in [7, 11) is 1.89. The molecule has 0 spiro atoms. The molecule has 0 aliphatic carbocycles. The van der Waals surface area contributed by atoms with Gasteiger partial charge >= 0.3 is 0 Å². The Labute approximate surface area is 109 Å². The topological polar surface area (TPSA) is 32.3 Å². The number of amides is 1. The Morgan fingerprint density at radius 3 is 2.72 bits per heavy atom. The van der Waals surface area contributed by atoms with E-state index >= 15 is 0 Å². The fourth-order valence-electron chi connectivity index (χ4n) is 2.78. The third kappa shape index (κ3) is 2.15. The molecule has 1 atom stereocenters. The van der Waals surface area contributed by atoms with Crippen molar-refractivity contribution in [2.24, 2.45) is 5.41 Å². The Kier molecular flexibility index (Phi) is 3.71. The minimum atomic E-state index is -0.211. The summed E-state index contributed by atoms with van der Waals surface area (Å²) < 4.78 is 0. The molecular weight excluding hydrogens is 224 g/mol. The smallest absolute Gasteiger partial charge is 0.234 e. The molecule has 3 heteroatoms. The molecule has 1 aliphatic heterocycles. The summed E-state index contributed by atoms with van der Waals surface area (Å²) in [6, 6.07) is 8.05. The van der Waals surface area contributed by atoms with Gasteiger partial charge in [0.1, 0.15) is 0 Å². The summed E-state index contributed by atoms with van der Waals surface area (Å²) in [5.74, 6) is 0.240. The molecule has 1 fully saturated rings. The molecule has 1 heterocycles. The normalized spacial score (nSPS) is 23.1. The average Bonchev–Trinajstić information content (AvgIpc) is 2.87. The Hall–Kier alpha value is -1.35. The number of rotatable bonds is 3. The summed E-state index contributed by atoms with van der Waals surface area (Å²) in [5.41, 5.74) is 1.95. The molecule has 1 unspecified atom stereocenters. The van der Waals surface area contributed by atoms with Crippen LogP contribution in [0.1, 0.15) is 25.3 Å². The molecule has 1 N–H and O–H groups in total. The number of hydrogen-bond acceptors (Lipinski definition) is 2. The fourth-order valence-corrected chi connectivity index (χ4v) is 2.78. The van der Waals surface area contributed by atoms with Gasteiger partial charge in [-0.2, -0.15) is 0 Å². The Bertz CT molecular complexity index is 436. The number of anilines is 1. The molecule has 1 aromatic carbocycles. The van der Waals surface area contributed by atoms with E-state index in [1.807, 2.05) is 43.1 Å². The fraction of sp³-hybridized carbons (Fsp3) is 0.533. The zero-order valence-electron chi connectivity index (χ0n) is 11.5. The van der Waals surface area contributed by atoms with E-state index in [1.165, 1.54) is 0 Å². The van der Waals surface area contributed by atoms with Gasteiger partial charge in [0.05, 0.1) is 5.41 Å². The van der Waals surface area contributed by atoms with Crippen molar-refractivity contribution in [3.05, 3.63) is 29.8 Å². The molecule has 98 valence electrons. The van der Waals surface area contributed by atoms with Crippen LogP contribution < -0.4 is 10.2 Å². The highest BCUT2D eigenvalue weighted by Crippen LogP contribution is 2.33. The third-order valence-electron chi connectivity index (χ3n) is 4.16. The number of hydrogen-bond donors (Lipinski definition) is 1. The molecule has 0 saturated carbocycles. The highest BCUT2D eigenvalue weighted by Gasteiger charge is 2.41. The molecule has 1 amide bonds. The first kappa shape index (κ1) is 13.1. The van der Waals surface area contributed by atoms with E-state index in [2.05, 4.69) is 12.2 Å². The van der Waals surface area contributed by atoms with Gasteiger partial charge in [-0.1, -0.05) is 25.1 Å². The molecule has 1 saturated heterocycles. The van der Waals surface area contributed by atoms with Crippen molar-refractivity contribution in [2.75, 3.05) is 25.0 Å². The highest BCUT2D eigenvalue weighted by atomic mass is 16.2. The van der Waals surface area contributed by atoms with Crippen molar-refractivity contribution in [3.8, 4) is 0 Å². The van der Waals surface area contributed by atoms with Crippen LogP contribution in [0.5, 0.6) is 0 Å². The van der Waals surface area contributed by atoms with Gasteiger partial charge in [0.25, 0.3) is 0 Å². The monoisotopic (exact) mass is 246 g/mol. The zero-order chi connectivity index (χ0) is 13.2. The van der Waals surface area contributed by atoms with Crippen LogP contribution in [0.3, 0.4) is 0 Å². The van der Waals surface area contributed by atoms with Crippen LogP contribution in [0.25, 0.3) is 0 Å². The van der Waals surface area contributed by atoms with Gasteiger partial charge in [-0.15, -0.1) is 0 Å². The van der Waals surface area contributed by atoms with Crippen LogP contribution in [0.4, 0.5) is 5.69 Å². The number of carbonyl (C=O) groups excluding carboxylic acids is 1. The number of nitrogens with zero attached hydrogens (tertiary/aromatic N) is 1. The second kappa shape index (κ2) is 5.11. The molecule has 18 heavy (non-hydrogen) atoms. The summed E-state index contributed by atoms with van der Waals surface area (Å²) in [4.78, 5) is 14.6. The molecule has 0 radical (unpaired) electrons. The largest absolute Gasteiger partial charge is 0.316 e. The quantitative estimate of drug-likeness (QED) is 0.888. The van der Waals surface area contributed by atoms with Gasteiger partial charge in [0, 0.05) is 19.3 Å². The van der Waals surface area contributed by atoms with E-state index in [0.29, 0.717) is 0 Å². The lowest BCUT2D eigenvalue weighted by atomic mass is 9.82. The Morgan fingerprint density at radius 1 is 1.44 bits per heavy atom. The lowest BCUT2D eigenvalue weighted by Crippen LogP contribution is -2.43. The van der Waals surface area contributed by atoms with Crippen molar-refractivity contribution in [3.63, 3.8) is 0 Å². The molecule has 3 nitrogen and oxygen atoms in total. The first-order chi connectivity index (χ1) is 8.60. The third-order valence-corrected chi connectivity index (χ3v) is 4.16. The van der Waals surface area contributed by atoms with Crippen molar-refractivity contribution in [1.82, 2.24) is 5.32 Å². The maximum absolute atomic E-state index is 12.7. The van der Waals surface area contributed by atoms with Crippen LogP contribution in [-0.2, 0) is 4.79 Å². The van der Waals surface area contributed by atoms with E-state index in [0.717, 1.165) is 37.2 Å². The number of carbonyl (C=O) groups is 1. The lowest BCUT2D eigenvalue weighted by Gasteiger charge is -2.31. The highest BCUT2D eigenvalue weighted by molar-refractivity contribution is 5.98. The van der Waals surface area contributed by atoms with Gasteiger partial charge in [-0.3, -0.25) is 4.79 Å². The molecule has 2 rings (SSSR count). The molecule has 1 aromatic rings. The van der Waals surface area contributed by atoms with E-state index in [1.54, 1.807) is 0 Å². The van der Waals surface area contributed by atoms with Crippen LogP contribution in [0, 0.1) is 12.3 Å². The van der Waals surface area contributed by atoms with Crippen LogP contribution in [0.15, 0.2) is 24.3 Å². The van der Waals surface area contributed by atoms with Crippen molar-refractivity contribution >= 4 is 11.6 Å². The number of benzene rings is 1. The van der Waals surface area contributed by atoms with Crippen LogP contribution >= 0.6 is 0 Å². The van der Waals surface area contributed by atoms with E-state index in [9.17, 15) is 4.79 Å². The van der Waals surface area contributed by atoms with Crippen molar-refractivity contribution in [2.45, 2.75) is 26.7 Å². The Morgan fingerprint density at radius 2 is 2.17 bits per heavy atom. The minimum absolute atomic E-state index is 0.211. The Balaban J connectivity index is 2.26. The van der Waals surface area contributed by atoms with E-state index in [4.69, 9.17) is 0 Å². The van der Waals surface area contributed by atoms with Gasteiger partial charge in [0.15, 0.2) is 0 Å². The summed E-state index contributed by atoms with van der Waals surface area (Å²) in [6.07, 6.45) is 1.84. The number of aryl methyl sites for hydroxylation is 1. The van der Waals surface area contributed by atoms with Gasteiger partial charge < -0.3 is 10.2 Å². The predicted octanol–water partition coefficient (Wildman–Crippen LogP) is 2.35. The molecule has 0 aromatic heterocycles. The second-order valence-corrected chi connectivity index (χ2v) is 5.21. The maximum Gasteiger partial charge on any atom is 0.234 e. The van der Waals surface area contributed by atoms with E-state index < -0.39 is 0 Å². The summed E-state index contributed by atoms with van der Waals surface area (Å²) in [6.45, 7) is 5.90. The van der Waals surface area contributed by atoms with Crippen molar-refractivity contribution < 1.29 is 4.79 Å². The molecule has 0 bridgehead atoms. The maximum atomic E-state index is 12.7. The molecular formula is C15H22N2O. The van der Waals surface area contributed by atoms with Crippen molar-refractivity contribution in [1.29, 1.82) is 0 Å². The first-order valence-electron chi connectivity index (χ1n) is 6.65. The summed E-state index contributed by atoms with van der Waals surface area (Å²) >= 11 is 0. The molecule has 1 aliphatic rings. The second-order valence-electron chi connectivity index (χ2n) is 5.21. The standard InChI is InChI=1S/C15H22N2O/c1-4-15(9-10-16-11-15)14(18)17(3)13-8-6-5-7-12(13)2/h5-8,16H,4,9-11H2,1-3H3. The van der Waals surface area contributed by atoms with Gasteiger partial charge in [-0.05, 0) is 37.9 Å². The zero-order valence-corrected chi connectivity index (χ0v) is 11.5. The minimum Gasteiger partial charge on any atom is -0.316 e. The number of nitrogens with one attached hydrogen (secondary N) is 1. The SMILES string of the molecule is CCC1(C(=O)N(C)c2ccccc2C)CCNC1. The van der Waals surface area contributed by atoms with Crippen LogP contribution in [0.2, 0.25) is 0 Å².